The fourth-order valence-corrected chi connectivity index (χ4v) is 5.44. The van der Waals surface area contributed by atoms with Crippen LogP contribution >= 0.6 is 0 Å². The van der Waals surface area contributed by atoms with Gasteiger partial charge in [-0.05, 0) is 83.6 Å². The molecular formula is C27H38N2. The Kier molecular flexibility index (Phi) is 5.59. The van der Waals surface area contributed by atoms with Gasteiger partial charge >= 0.3 is 0 Å². The zero-order valence-electron chi connectivity index (χ0n) is 18.8. The maximum Gasteiger partial charge on any atom is 0.0346 e. The van der Waals surface area contributed by atoms with Crippen LogP contribution in [0.15, 0.2) is 36.7 Å². The summed E-state index contributed by atoms with van der Waals surface area (Å²) in [6.45, 7) is 9.58. The predicted molar refractivity (Wildman–Crippen MR) is 123 cm³/mol. The highest BCUT2D eigenvalue weighted by atomic mass is 14.6. The van der Waals surface area contributed by atoms with Crippen molar-refractivity contribution in [2.75, 3.05) is 0 Å². The summed E-state index contributed by atoms with van der Waals surface area (Å²) in [7, 11) is 0. The Labute approximate surface area is 177 Å². The lowest BCUT2D eigenvalue weighted by Crippen LogP contribution is -2.33. The van der Waals surface area contributed by atoms with Crippen LogP contribution in [-0.2, 0) is 10.8 Å². The predicted octanol–water partition coefficient (Wildman–Crippen LogP) is 6.86. The standard InChI is InChI=1S/C27H38N2/c1-26(2)13-14-27(3,4)25-16-20(10-12-24(25)26)22-15-21(17-29-18-22)19-7-5-6-8-23(28)11-9-19/h10,12,15-19,23H,5-9,11,13-14,28H2,1-4H3. The molecule has 2 N–H and O–H groups in total. The molecule has 0 radical (unpaired) electrons. The van der Waals surface area contributed by atoms with Crippen molar-refractivity contribution in [1.29, 1.82) is 0 Å². The van der Waals surface area contributed by atoms with Crippen LogP contribution in [0, 0.1) is 0 Å². The number of aromatic nitrogens is 1. The number of fused-ring (bicyclic) bond motifs is 1. The first-order chi connectivity index (χ1) is 13.8. The molecule has 1 saturated carbocycles. The first kappa shape index (κ1) is 20.6. The molecule has 0 bridgehead atoms. The van der Waals surface area contributed by atoms with Crippen LogP contribution in [0.3, 0.4) is 0 Å². The summed E-state index contributed by atoms with van der Waals surface area (Å²) in [6.07, 6.45) is 14.0. The molecule has 0 saturated heterocycles. The van der Waals surface area contributed by atoms with Gasteiger partial charge in [-0.15, -0.1) is 0 Å². The fraction of sp³-hybridized carbons (Fsp3) is 0.593. The van der Waals surface area contributed by atoms with Gasteiger partial charge in [-0.1, -0.05) is 58.7 Å². The largest absolute Gasteiger partial charge is 0.328 e. The summed E-state index contributed by atoms with van der Waals surface area (Å²) in [5.41, 5.74) is 13.8. The normalized spacial score (nSPS) is 26.2. The van der Waals surface area contributed by atoms with E-state index in [-0.39, 0.29) is 10.8 Å². The van der Waals surface area contributed by atoms with Crippen LogP contribution in [0.4, 0.5) is 0 Å². The van der Waals surface area contributed by atoms with Crippen molar-refractivity contribution in [1.82, 2.24) is 4.98 Å². The second-order valence-electron chi connectivity index (χ2n) is 10.9. The van der Waals surface area contributed by atoms with E-state index in [9.17, 15) is 0 Å². The molecule has 0 spiro atoms. The summed E-state index contributed by atoms with van der Waals surface area (Å²) in [5, 5.41) is 0. The fourth-order valence-electron chi connectivity index (χ4n) is 5.44. The summed E-state index contributed by atoms with van der Waals surface area (Å²) in [6, 6.07) is 9.92. The third-order valence-electron chi connectivity index (χ3n) is 7.68. The van der Waals surface area contributed by atoms with Gasteiger partial charge in [0.2, 0.25) is 0 Å². The monoisotopic (exact) mass is 390 g/mol. The molecule has 2 atom stereocenters. The first-order valence-corrected chi connectivity index (χ1v) is 11.6. The highest BCUT2D eigenvalue weighted by Crippen LogP contribution is 2.46. The second kappa shape index (κ2) is 7.87. The average Bonchev–Trinajstić information content (AvgIpc) is 2.69. The molecular weight excluding hydrogens is 352 g/mol. The quantitative estimate of drug-likeness (QED) is 0.608. The number of pyridine rings is 1. The molecule has 2 aromatic rings. The number of hydrogen-bond donors (Lipinski definition) is 1. The molecule has 1 heterocycles. The minimum absolute atomic E-state index is 0.238. The molecule has 2 heteroatoms. The molecule has 29 heavy (non-hydrogen) atoms. The number of benzene rings is 1. The second-order valence-corrected chi connectivity index (χ2v) is 10.9. The van der Waals surface area contributed by atoms with Crippen LogP contribution in [0.2, 0.25) is 0 Å². The van der Waals surface area contributed by atoms with E-state index in [1.165, 1.54) is 72.8 Å². The Balaban J connectivity index is 1.67. The lowest BCUT2D eigenvalue weighted by Gasteiger charge is -2.42. The molecule has 2 unspecified atom stereocenters. The van der Waals surface area contributed by atoms with E-state index in [0.29, 0.717) is 12.0 Å². The number of hydrogen-bond acceptors (Lipinski definition) is 2. The zero-order chi connectivity index (χ0) is 20.6. The van der Waals surface area contributed by atoms with Crippen LogP contribution in [0.25, 0.3) is 11.1 Å². The Hall–Kier alpha value is -1.67. The van der Waals surface area contributed by atoms with Gasteiger partial charge in [-0.2, -0.15) is 0 Å². The number of nitrogens with zero attached hydrogens (tertiary/aromatic N) is 1. The third-order valence-corrected chi connectivity index (χ3v) is 7.68. The van der Waals surface area contributed by atoms with Gasteiger partial charge in [0.25, 0.3) is 0 Å². The third kappa shape index (κ3) is 4.28. The van der Waals surface area contributed by atoms with E-state index in [1.54, 1.807) is 0 Å². The molecule has 4 rings (SSSR count). The maximum atomic E-state index is 6.26. The molecule has 2 aliphatic carbocycles. The number of rotatable bonds is 2. The van der Waals surface area contributed by atoms with Gasteiger partial charge in [0.15, 0.2) is 0 Å². The van der Waals surface area contributed by atoms with Gasteiger partial charge in [0, 0.05) is 24.0 Å². The maximum absolute atomic E-state index is 6.26. The molecule has 2 aliphatic rings. The van der Waals surface area contributed by atoms with E-state index in [1.807, 2.05) is 6.20 Å². The van der Waals surface area contributed by atoms with Crippen molar-refractivity contribution in [3.05, 3.63) is 53.3 Å². The lowest BCUT2D eigenvalue weighted by atomic mass is 9.63. The van der Waals surface area contributed by atoms with Crippen LogP contribution in [0.1, 0.15) is 102 Å². The smallest absolute Gasteiger partial charge is 0.0346 e. The molecule has 1 aromatic heterocycles. The van der Waals surface area contributed by atoms with Crippen molar-refractivity contribution in [3.63, 3.8) is 0 Å². The van der Waals surface area contributed by atoms with Crippen molar-refractivity contribution in [2.24, 2.45) is 5.73 Å². The van der Waals surface area contributed by atoms with Gasteiger partial charge in [-0.3, -0.25) is 4.98 Å². The van der Waals surface area contributed by atoms with Gasteiger partial charge < -0.3 is 5.73 Å². The lowest BCUT2D eigenvalue weighted by molar-refractivity contribution is 0.332. The zero-order valence-corrected chi connectivity index (χ0v) is 18.8. The topological polar surface area (TPSA) is 38.9 Å². The van der Waals surface area contributed by atoms with Crippen molar-refractivity contribution in [2.45, 2.75) is 102 Å². The van der Waals surface area contributed by atoms with Gasteiger partial charge in [0.05, 0.1) is 0 Å². The minimum Gasteiger partial charge on any atom is -0.328 e. The van der Waals surface area contributed by atoms with Gasteiger partial charge in [0.1, 0.15) is 0 Å². The van der Waals surface area contributed by atoms with Crippen LogP contribution in [-0.4, -0.2) is 11.0 Å². The Morgan fingerprint density at radius 2 is 1.52 bits per heavy atom. The molecule has 2 nitrogen and oxygen atoms in total. The summed E-state index contributed by atoms with van der Waals surface area (Å²) in [5.74, 6) is 0.599. The molecule has 0 amide bonds. The van der Waals surface area contributed by atoms with Crippen molar-refractivity contribution >= 4 is 0 Å². The summed E-state index contributed by atoms with van der Waals surface area (Å²) >= 11 is 0. The van der Waals surface area contributed by atoms with Crippen molar-refractivity contribution in [3.8, 4) is 11.1 Å². The summed E-state index contributed by atoms with van der Waals surface area (Å²) < 4.78 is 0. The summed E-state index contributed by atoms with van der Waals surface area (Å²) in [4.78, 5) is 4.66. The Bertz CT molecular complexity index is 865. The van der Waals surface area contributed by atoms with E-state index in [2.05, 4.69) is 63.1 Å². The Morgan fingerprint density at radius 1 is 0.793 bits per heavy atom. The SMILES string of the molecule is CC1(C)CCC(C)(C)c2cc(-c3cncc(C4CCCCC(N)CC4)c3)ccc21. The molecule has 1 fully saturated rings. The number of nitrogens with two attached hydrogens (primary N) is 1. The highest BCUT2D eigenvalue weighted by Gasteiger charge is 2.37. The van der Waals surface area contributed by atoms with Gasteiger partial charge in [-0.25, -0.2) is 0 Å². The van der Waals surface area contributed by atoms with E-state index >= 15 is 0 Å². The van der Waals surface area contributed by atoms with E-state index < -0.39 is 0 Å². The Morgan fingerprint density at radius 3 is 2.31 bits per heavy atom. The van der Waals surface area contributed by atoms with E-state index in [4.69, 9.17) is 5.73 Å². The molecule has 156 valence electrons. The van der Waals surface area contributed by atoms with Crippen molar-refractivity contribution < 1.29 is 0 Å². The average molecular weight is 391 g/mol. The molecule has 0 aliphatic heterocycles. The van der Waals surface area contributed by atoms with Crippen LogP contribution in [0.5, 0.6) is 0 Å². The highest BCUT2D eigenvalue weighted by molar-refractivity contribution is 5.66. The minimum atomic E-state index is 0.238. The first-order valence-electron chi connectivity index (χ1n) is 11.6. The van der Waals surface area contributed by atoms with E-state index in [0.717, 1.165) is 6.42 Å². The molecule has 1 aromatic carbocycles. The van der Waals surface area contributed by atoms with Crippen LogP contribution < -0.4 is 5.73 Å².